The number of fused-ring (bicyclic) bond motifs is 1. The molecule has 1 fully saturated rings. The Morgan fingerprint density at radius 1 is 1.46 bits per heavy atom. The number of hydrogen-bond donors (Lipinski definition) is 1. The number of anilines is 1. The third-order valence-corrected chi connectivity index (χ3v) is 5.81. The highest BCUT2D eigenvalue weighted by molar-refractivity contribution is 7.99. The van der Waals surface area contributed by atoms with Crippen molar-refractivity contribution in [3.05, 3.63) is 30.0 Å². The number of hydrogen-bond acceptors (Lipinski definition) is 9. The summed E-state index contributed by atoms with van der Waals surface area (Å²) in [6.45, 7) is 5.54. The van der Waals surface area contributed by atoms with Gasteiger partial charge < -0.3 is 10.1 Å². The van der Waals surface area contributed by atoms with Gasteiger partial charge in [-0.3, -0.25) is 4.79 Å². The van der Waals surface area contributed by atoms with Crippen molar-refractivity contribution in [2.75, 3.05) is 25.0 Å². The van der Waals surface area contributed by atoms with E-state index in [0.29, 0.717) is 24.1 Å². The Morgan fingerprint density at radius 3 is 3.19 bits per heavy atom. The van der Waals surface area contributed by atoms with E-state index in [4.69, 9.17) is 4.74 Å². The molecule has 3 aromatic heterocycles. The van der Waals surface area contributed by atoms with Crippen molar-refractivity contribution in [2.24, 2.45) is 0 Å². The van der Waals surface area contributed by atoms with Crippen molar-refractivity contribution in [3.63, 3.8) is 0 Å². The minimum Gasteiger partial charge on any atom is -0.369 e. The van der Waals surface area contributed by atoms with Crippen LogP contribution < -0.4 is 5.32 Å². The first kappa shape index (κ1) is 17.3. The highest BCUT2D eigenvalue weighted by Gasteiger charge is 2.26. The van der Waals surface area contributed by atoms with Crippen molar-refractivity contribution in [3.8, 4) is 0 Å². The molecule has 11 heteroatoms. The van der Waals surface area contributed by atoms with Gasteiger partial charge in [-0.2, -0.15) is 14.6 Å². The molecule has 1 N–H and O–H groups in total. The minimum atomic E-state index is -0.120. The molecule has 9 nitrogen and oxygen atoms in total. The van der Waals surface area contributed by atoms with E-state index in [9.17, 15) is 4.79 Å². The van der Waals surface area contributed by atoms with E-state index in [-0.39, 0.29) is 12.0 Å². The first-order valence-corrected chi connectivity index (χ1v) is 9.62. The summed E-state index contributed by atoms with van der Waals surface area (Å²) in [6, 6.07) is 1.99. The van der Waals surface area contributed by atoms with E-state index in [0.717, 1.165) is 22.1 Å². The molecule has 0 radical (unpaired) electrons. The van der Waals surface area contributed by atoms with Crippen molar-refractivity contribution in [1.29, 1.82) is 0 Å². The van der Waals surface area contributed by atoms with Crippen LogP contribution in [-0.4, -0.2) is 54.5 Å². The smallest absolute Gasteiger partial charge is 0.252 e. The summed E-state index contributed by atoms with van der Waals surface area (Å²) >= 11 is 3.08. The van der Waals surface area contributed by atoms with E-state index in [2.05, 4.69) is 29.7 Å². The lowest BCUT2D eigenvalue weighted by molar-refractivity contribution is -0.114. The van der Waals surface area contributed by atoms with Crippen LogP contribution in [0.2, 0.25) is 0 Å². The van der Waals surface area contributed by atoms with Crippen LogP contribution in [0.3, 0.4) is 0 Å². The summed E-state index contributed by atoms with van der Waals surface area (Å²) in [6.07, 6.45) is 3.16. The zero-order valence-electron chi connectivity index (χ0n) is 14.2. The molecule has 1 atom stereocenters. The molecular formula is C15H17N7O2S2. The molecule has 3 aromatic rings. The molecule has 26 heavy (non-hydrogen) atoms. The molecule has 1 saturated heterocycles. The van der Waals surface area contributed by atoms with Crippen LogP contribution in [0.25, 0.3) is 5.78 Å². The standard InChI is InChI=1S/C15H17N7O2S2/c1-9-5-11(22-14(19-9)17-8-18-22)12-7-21(3-4-24-12)26-13-6-16-15(25-13)20-10(2)23/h5-6,8,12H,3-4,7H2,1-2H3,(H,16,20,23)/t12-/m1/s1. The Kier molecular flexibility index (Phi) is 4.85. The van der Waals surface area contributed by atoms with Crippen molar-refractivity contribution in [1.82, 2.24) is 28.9 Å². The Hall–Kier alpha value is -2.08. The fraction of sp³-hybridized carbons (Fsp3) is 0.400. The van der Waals surface area contributed by atoms with Crippen LogP contribution in [0.1, 0.15) is 24.4 Å². The number of carbonyl (C=O) groups is 1. The zero-order valence-corrected chi connectivity index (χ0v) is 15.9. The van der Waals surface area contributed by atoms with Crippen LogP contribution in [0, 0.1) is 6.92 Å². The van der Waals surface area contributed by atoms with Gasteiger partial charge in [0.1, 0.15) is 12.4 Å². The topological polar surface area (TPSA) is 97.5 Å². The lowest BCUT2D eigenvalue weighted by atomic mass is 10.2. The first-order chi connectivity index (χ1) is 12.6. The maximum absolute atomic E-state index is 11.1. The number of aromatic nitrogens is 5. The van der Waals surface area contributed by atoms with E-state index in [1.54, 1.807) is 22.7 Å². The van der Waals surface area contributed by atoms with Gasteiger partial charge in [-0.1, -0.05) is 11.3 Å². The van der Waals surface area contributed by atoms with Crippen LogP contribution in [0.4, 0.5) is 5.13 Å². The molecule has 0 aromatic carbocycles. The van der Waals surface area contributed by atoms with Crippen molar-refractivity contribution >= 4 is 40.1 Å². The summed E-state index contributed by atoms with van der Waals surface area (Å²) in [7, 11) is 0. The quantitative estimate of drug-likeness (QED) is 0.674. The first-order valence-electron chi connectivity index (χ1n) is 8.04. The number of aryl methyl sites for hydroxylation is 1. The molecule has 136 valence electrons. The number of thiazole rings is 1. The average Bonchev–Trinajstić information content (AvgIpc) is 3.23. The van der Waals surface area contributed by atoms with E-state index >= 15 is 0 Å². The van der Waals surface area contributed by atoms with Crippen LogP contribution >= 0.6 is 23.3 Å². The second-order valence-electron chi connectivity index (χ2n) is 5.80. The van der Waals surface area contributed by atoms with Crippen molar-refractivity contribution in [2.45, 2.75) is 24.2 Å². The second kappa shape index (κ2) is 7.27. The monoisotopic (exact) mass is 391 g/mol. The van der Waals surface area contributed by atoms with Gasteiger partial charge in [-0.05, 0) is 24.9 Å². The zero-order chi connectivity index (χ0) is 18.1. The average molecular weight is 391 g/mol. The molecule has 4 heterocycles. The summed E-state index contributed by atoms with van der Waals surface area (Å²) in [4.78, 5) is 23.9. The summed E-state index contributed by atoms with van der Waals surface area (Å²) < 4.78 is 11.0. The second-order valence-corrected chi connectivity index (χ2v) is 8.23. The largest absolute Gasteiger partial charge is 0.369 e. The number of nitrogens with one attached hydrogen (secondary N) is 1. The summed E-state index contributed by atoms with van der Waals surface area (Å²) in [5, 5.41) is 7.58. The van der Waals surface area contributed by atoms with Gasteiger partial charge >= 0.3 is 0 Å². The molecule has 1 aliphatic heterocycles. The lowest BCUT2D eigenvalue weighted by Gasteiger charge is -2.31. The molecule has 0 bridgehead atoms. The van der Waals surface area contributed by atoms with Gasteiger partial charge in [-0.15, -0.1) is 0 Å². The van der Waals surface area contributed by atoms with Gasteiger partial charge in [0.05, 0.1) is 22.7 Å². The fourth-order valence-electron chi connectivity index (χ4n) is 2.71. The van der Waals surface area contributed by atoms with E-state index in [1.165, 1.54) is 24.6 Å². The molecule has 4 rings (SSSR count). The normalized spacial score (nSPS) is 18.3. The lowest BCUT2D eigenvalue weighted by Crippen LogP contribution is -2.34. The Balaban J connectivity index is 1.49. The third kappa shape index (κ3) is 3.70. The molecule has 0 saturated carbocycles. The fourth-order valence-corrected chi connectivity index (χ4v) is 4.74. The Morgan fingerprint density at radius 2 is 2.35 bits per heavy atom. The summed E-state index contributed by atoms with van der Waals surface area (Å²) in [5.41, 5.74) is 1.83. The predicted octanol–water partition coefficient (Wildman–Crippen LogP) is 1.93. The number of nitrogens with zero attached hydrogens (tertiary/aromatic N) is 6. The van der Waals surface area contributed by atoms with Crippen LogP contribution in [-0.2, 0) is 9.53 Å². The number of rotatable bonds is 4. The third-order valence-electron chi connectivity index (χ3n) is 3.75. The van der Waals surface area contributed by atoms with Gasteiger partial charge in [0.15, 0.2) is 5.13 Å². The van der Waals surface area contributed by atoms with Gasteiger partial charge in [0.25, 0.3) is 5.78 Å². The minimum absolute atomic E-state index is 0.118. The van der Waals surface area contributed by atoms with Crippen LogP contribution in [0.15, 0.2) is 22.8 Å². The maximum Gasteiger partial charge on any atom is 0.252 e. The van der Waals surface area contributed by atoms with Crippen molar-refractivity contribution < 1.29 is 9.53 Å². The highest BCUT2D eigenvalue weighted by atomic mass is 32.2. The molecule has 0 spiro atoms. The molecule has 1 amide bonds. The number of amides is 1. The molecular weight excluding hydrogens is 374 g/mol. The maximum atomic E-state index is 11.1. The Bertz CT molecular complexity index is 941. The number of carbonyl (C=O) groups excluding carboxylic acids is 1. The van der Waals surface area contributed by atoms with Gasteiger partial charge in [0.2, 0.25) is 5.91 Å². The SMILES string of the molecule is CC(=O)Nc1ncc(SN2CCO[C@@H](c3cc(C)nc4ncnn34)C2)s1. The highest BCUT2D eigenvalue weighted by Crippen LogP contribution is 2.34. The molecule has 1 aliphatic rings. The Labute approximate surface area is 157 Å². The van der Waals surface area contributed by atoms with E-state index in [1.807, 2.05) is 13.0 Å². The number of morpholine rings is 1. The summed E-state index contributed by atoms with van der Waals surface area (Å²) in [5.74, 6) is 0.461. The molecule has 0 unspecified atom stereocenters. The predicted molar refractivity (Wildman–Crippen MR) is 98.1 cm³/mol. The van der Waals surface area contributed by atoms with E-state index < -0.39 is 0 Å². The van der Waals surface area contributed by atoms with Gasteiger partial charge in [0, 0.05) is 25.7 Å². The van der Waals surface area contributed by atoms with Gasteiger partial charge in [-0.25, -0.2) is 14.3 Å². The molecule has 0 aliphatic carbocycles. The number of ether oxygens (including phenoxy) is 1. The van der Waals surface area contributed by atoms with Crippen LogP contribution in [0.5, 0.6) is 0 Å².